The molecule has 2 aromatic carbocycles. The SMILES string of the molecule is N#CCc1c(ONC(=O)c2ccccc2)c(Cl)c([N+](=O)[O-])c(Cl)c1[N+](=O)[O-]. The molecule has 0 saturated carbocycles. The van der Waals surface area contributed by atoms with Crippen LogP contribution in [0, 0.1) is 31.6 Å². The highest BCUT2D eigenvalue weighted by molar-refractivity contribution is 6.40. The fraction of sp³-hybridized carbons (Fsp3) is 0.0667. The van der Waals surface area contributed by atoms with Gasteiger partial charge in [-0.05, 0) is 12.1 Å². The average Bonchev–Trinajstić information content (AvgIpc) is 2.61. The van der Waals surface area contributed by atoms with E-state index in [1.807, 2.05) is 5.48 Å². The van der Waals surface area contributed by atoms with E-state index in [0.717, 1.165) is 0 Å². The van der Waals surface area contributed by atoms with Crippen molar-refractivity contribution < 1.29 is 19.5 Å². The monoisotopic (exact) mass is 410 g/mol. The van der Waals surface area contributed by atoms with E-state index >= 15 is 0 Å². The largest absolute Gasteiger partial charge is 0.377 e. The summed E-state index contributed by atoms with van der Waals surface area (Å²) in [7, 11) is 0. The lowest BCUT2D eigenvalue weighted by Crippen LogP contribution is -2.27. The number of nitriles is 1. The Balaban J connectivity index is 2.56. The number of benzene rings is 2. The Morgan fingerprint density at radius 1 is 1.11 bits per heavy atom. The van der Waals surface area contributed by atoms with Crippen LogP contribution >= 0.6 is 23.2 Å². The van der Waals surface area contributed by atoms with Crippen LogP contribution in [0.3, 0.4) is 0 Å². The zero-order valence-corrected chi connectivity index (χ0v) is 14.7. The van der Waals surface area contributed by atoms with Crippen LogP contribution in [0.5, 0.6) is 5.75 Å². The summed E-state index contributed by atoms with van der Waals surface area (Å²) in [6, 6.07) is 9.42. The third kappa shape index (κ3) is 4.05. The summed E-state index contributed by atoms with van der Waals surface area (Å²) in [5.74, 6) is -1.35. The van der Waals surface area contributed by atoms with Crippen LogP contribution < -0.4 is 10.3 Å². The smallest absolute Gasteiger partial charge is 0.317 e. The molecule has 0 atom stereocenters. The minimum Gasteiger partial charge on any atom is -0.377 e. The second-order valence-corrected chi connectivity index (χ2v) is 5.64. The minimum absolute atomic E-state index is 0.188. The highest BCUT2D eigenvalue weighted by atomic mass is 35.5. The summed E-state index contributed by atoms with van der Waals surface area (Å²) in [4.78, 5) is 37.6. The number of nitro groups is 2. The first-order chi connectivity index (χ1) is 12.8. The molecule has 2 aromatic rings. The van der Waals surface area contributed by atoms with E-state index in [-0.39, 0.29) is 5.56 Å². The van der Waals surface area contributed by atoms with Crippen LogP contribution in [-0.4, -0.2) is 15.8 Å². The Kier molecular flexibility index (Phi) is 6.12. The summed E-state index contributed by atoms with van der Waals surface area (Å²) < 4.78 is 0. The molecule has 1 amide bonds. The van der Waals surface area contributed by atoms with Gasteiger partial charge in [-0.15, -0.1) is 0 Å². The Bertz CT molecular complexity index is 975. The Morgan fingerprint density at radius 3 is 2.22 bits per heavy atom. The zero-order valence-electron chi connectivity index (χ0n) is 13.1. The molecule has 0 aromatic heterocycles. The molecule has 0 radical (unpaired) electrons. The number of rotatable bonds is 6. The number of carbonyl (C=O) groups is 1. The van der Waals surface area contributed by atoms with Crippen molar-refractivity contribution in [1.29, 1.82) is 5.26 Å². The number of hydrogen-bond donors (Lipinski definition) is 1. The second-order valence-electron chi connectivity index (χ2n) is 4.88. The van der Waals surface area contributed by atoms with Crippen molar-refractivity contribution in [2.75, 3.05) is 0 Å². The van der Waals surface area contributed by atoms with Crippen LogP contribution in [-0.2, 0) is 6.42 Å². The quantitative estimate of drug-likeness (QED) is 0.564. The molecule has 0 unspecified atom stereocenters. The maximum Gasteiger partial charge on any atom is 0.317 e. The standard InChI is InChI=1S/C15H8Cl2N4O6/c16-10-12(20(23)24)9(6-7-18)14(11(17)13(10)21(25)26)27-19-15(22)8-4-2-1-3-5-8/h1-5H,6H2,(H,19,22). The first-order valence-corrected chi connectivity index (χ1v) is 7.77. The predicted molar refractivity (Wildman–Crippen MR) is 93.6 cm³/mol. The van der Waals surface area contributed by atoms with Gasteiger partial charge in [0.1, 0.15) is 0 Å². The molecule has 0 bridgehead atoms. The predicted octanol–water partition coefficient (Wildman–Crippen LogP) is 3.60. The van der Waals surface area contributed by atoms with Crippen molar-refractivity contribution in [2.45, 2.75) is 6.42 Å². The lowest BCUT2D eigenvalue weighted by molar-refractivity contribution is -0.394. The molecular weight excluding hydrogens is 403 g/mol. The van der Waals surface area contributed by atoms with E-state index in [1.54, 1.807) is 24.3 Å². The van der Waals surface area contributed by atoms with Gasteiger partial charge >= 0.3 is 11.4 Å². The summed E-state index contributed by atoms with van der Waals surface area (Å²) in [6.07, 6.45) is -0.593. The van der Waals surface area contributed by atoms with Gasteiger partial charge in [0.15, 0.2) is 15.8 Å². The molecule has 0 spiro atoms. The molecule has 0 fully saturated rings. The molecule has 0 aliphatic heterocycles. The maximum absolute atomic E-state index is 12.1. The zero-order chi connectivity index (χ0) is 20.1. The molecule has 10 nitrogen and oxygen atoms in total. The number of hydroxylamine groups is 1. The molecule has 12 heteroatoms. The molecule has 0 aliphatic carbocycles. The third-order valence-electron chi connectivity index (χ3n) is 3.29. The first-order valence-electron chi connectivity index (χ1n) is 7.01. The second kappa shape index (κ2) is 8.31. The third-order valence-corrected chi connectivity index (χ3v) is 3.99. The van der Waals surface area contributed by atoms with E-state index in [4.69, 9.17) is 33.3 Å². The highest BCUT2D eigenvalue weighted by Crippen LogP contribution is 2.48. The van der Waals surface area contributed by atoms with Gasteiger partial charge in [0.05, 0.1) is 27.9 Å². The van der Waals surface area contributed by atoms with E-state index in [9.17, 15) is 25.0 Å². The van der Waals surface area contributed by atoms with Crippen LogP contribution in [0.15, 0.2) is 30.3 Å². The average molecular weight is 411 g/mol. The summed E-state index contributed by atoms with van der Waals surface area (Å²) in [5.41, 5.74) is -0.113. The van der Waals surface area contributed by atoms with Crippen molar-refractivity contribution in [3.63, 3.8) is 0 Å². The van der Waals surface area contributed by atoms with Crippen molar-refractivity contribution >= 4 is 40.5 Å². The summed E-state index contributed by atoms with van der Waals surface area (Å²) >= 11 is 11.7. The van der Waals surface area contributed by atoms with Crippen molar-refractivity contribution in [1.82, 2.24) is 5.48 Å². The van der Waals surface area contributed by atoms with E-state index < -0.39 is 54.9 Å². The van der Waals surface area contributed by atoms with Crippen molar-refractivity contribution in [3.05, 3.63) is 71.7 Å². The molecule has 0 saturated heterocycles. The molecular formula is C15H8Cl2N4O6. The molecule has 27 heavy (non-hydrogen) atoms. The van der Waals surface area contributed by atoms with Gasteiger partial charge in [-0.2, -0.15) is 10.7 Å². The molecule has 0 heterocycles. The fourth-order valence-corrected chi connectivity index (χ4v) is 2.85. The number of amides is 1. The Hall–Kier alpha value is -3.42. The van der Waals surface area contributed by atoms with Crippen LogP contribution in [0.4, 0.5) is 11.4 Å². The first kappa shape index (κ1) is 19.9. The lowest BCUT2D eigenvalue weighted by atomic mass is 10.1. The summed E-state index contributed by atoms with van der Waals surface area (Å²) in [6.45, 7) is 0. The van der Waals surface area contributed by atoms with Crippen LogP contribution in [0.25, 0.3) is 0 Å². The molecule has 0 aliphatic rings. The highest BCUT2D eigenvalue weighted by Gasteiger charge is 2.37. The van der Waals surface area contributed by atoms with Gasteiger partial charge in [0.25, 0.3) is 5.91 Å². The van der Waals surface area contributed by atoms with Gasteiger partial charge < -0.3 is 4.84 Å². The number of halogens is 2. The molecule has 1 N–H and O–H groups in total. The number of nitrogens with one attached hydrogen (secondary N) is 1. The molecule has 2 rings (SSSR count). The van der Waals surface area contributed by atoms with Crippen molar-refractivity contribution in [3.8, 4) is 11.8 Å². The van der Waals surface area contributed by atoms with Gasteiger partial charge in [0.2, 0.25) is 0 Å². The van der Waals surface area contributed by atoms with Gasteiger partial charge in [-0.1, -0.05) is 41.4 Å². The van der Waals surface area contributed by atoms with Crippen molar-refractivity contribution in [2.24, 2.45) is 0 Å². The topological polar surface area (TPSA) is 148 Å². The lowest BCUT2D eigenvalue weighted by Gasteiger charge is -2.13. The van der Waals surface area contributed by atoms with Crippen LogP contribution in [0.1, 0.15) is 15.9 Å². The van der Waals surface area contributed by atoms with Gasteiger partial charge in [-0.3, -0.25) is 25.0 Å². The minimum atomic E-state index is -1.03. The van der Waals surface area contributed by atoms with Crippen LogP contribution in [0.2, 0.25) is 10.0 Å². The van der Waals surface area contributed by atoms with Gasteiger partial charge in [-0.25, -0.2) is 0 Å². The van der Waals surface area contributed by atoms with E-state index in [0.29, 0.717) is 0 Å². The van der Waals surface area contributed by atoms with E-state index in [2.05, 4.69) is 0 Å². The molecule has 138 valence electrons. The fourth-order valence-electron chi connectivity index (χ4n) is 2.13. The number of nitrogens with zero attached hydrogens (tertiary/aromatic N) is 3. The number of nitro benzene ring substituents is 2. The summed E-state index contributed by atoms with van der Waals surface area (Å²) in [5, 5.41) is 29.9. The van der Waals surface area contributed by atoms with Gasteiger partial charge in [0, 0.05) is 5.56 Å². The Labute approximate surface area is 161 Å². The normalized spacial score (nSPS) is 9.96. The number of hydrogen-bond acceptors (Lipinski definition) is 7. The Morgan fingerprint density at radius 2 is 1.70 bits per heavy atom. The van der Waals surface area contributed by atoms with E-state index in [1.165, 1.54) is 12.1 Å². The number of carbonyl (C=O) groups excluding carboxylic acids is 1. The maximum atomic E-state index is 12.1.